The molecule has 2 aromatic rings. The molecule has 0 bridgehead atoms. The van der Waals surface area contributed by atoms with E-state index in [4.69, 9.17) is 16.3 Å². The van der Waals surface area contributed by atoms with Gasteiger partial charge in [0.1, 0.15) is 11.5 Å². The monoisotopic (exact) mass is 425 g/mol. The van der Waals surface area contributed by atoms with Crippen LogP contribution in [0.5, 0.6) is 5.75 Å². The quantitative estimate of drug-likeness (QED) is 0.420. The third-order valence-corrected chi connectivity index (χ3v) is 6.25. The van der Waals surface area contributed by atoms with E-state index < -0.39 is 17.7 Å². The van der Waals surface area contributed by atoms with Crippen LogP contribution in [0.1, 0.15) is 49.3 Å². The molecule has 1 amide bonds. The van der Waals surface area contributed by atoms with Crippen molar-refractivity contribution in [1.29, 1.82) is 0 Å². The smallest absolute Gasteiger partial charge is 0.295 e. The molecular weight excluding hydrogens is 402 g/mol. The van der Waals surface area contributed by atoms with Crippen molar-refractivity contribution in [3.63, 3.8) is 0 Å². The largest absolute Gasteiger partial charge is 0.507 e. The summed E-state index contributed by atoms with van der Waals surface area (Å²) in [7, 11) is 1.56. The minimum atomic E-state index is -0.695. The minimum Gasteiger partial charge on any atom is -0.507 e. The van der Waals surface area contributed by atoms with E-state index in [1.54, 1.807) is 42.3 Å². The Labute approximate surface area is 180 Å². The fourth-order valence-electron chi connectivity index (χ4n) is 4.55. The summed E-state index contributed by atoms with van der Waals surface area (Å²) in [6.07, 6.45) is 4.86. The van der Waals surface area contributed by atoms with Crippen molar-refractivity contribution < 1.29 is 19.4 Å². The summed E-state index contributed by atoms with van der Waals surface area (Å²) in [5.41, 5.74) is 1.23. The molecule has 1 aliphatic heterocycles. The summed E-state index contributed by atoms with van der Waals surface area (Å²) >= 11 is 5.97. The van der Waals surface area contributed by atoms with Crippen molar-refractivity contribution in [2.45, 2.75) is 44.2 Å². The van der Waals surface area contributed by atoms with Crippen molar-refractivity contribution >= 4 is 29.1 Å². The zero-order valence-corrected chi connectivity index (χ0v) is 17.6. The molecule has 2 aromatic carbocycles. The predicted molar refractivity (Wildman–Crippen MR) is 115 cm³/mol. The van der Waals surface area contributed by atoms with E-state index >= 15 is 0 Å². The van der Waals surface area contributed by atoms with Gasteiger partial charge >= 0.3 is 0 Å². The number of benzene rings is 2. The van der Waals surface area contributed by atoms with Crippen molar-refractivity contribution in [2.24, 2.45) is 0 Å². The van der Waals surface area contributed by atoms with Gasteiger partial charge in [-0.3, -0.25) is 9.59 Å². The second-order valence-corrected chi connectivity index (χ2v) is 8.18. The van der Waals surface area contributed by atoms with Crippen molar-refractivity contribution in [1.82, 2.24) is 4.90 Å². The molecule has 2 fully saturated rings. The molecule has 5 nitrogen and oxygen atoms in total. The Bertz CT molecular complexity index is 993. The van der Waals surface area contributed by atoms with Crippen molar-refractivity contribution in [3.8, 4) is 5.75 Å². The van der Waals surface area contributed by atoms with Gasteiger partial charge in [-0.1, -0.05) is 49.1 Å². The average molecular weight is 426 g/mol. The highest BCUT2D eigenvalue weighted by Crippen LogP contribution is 2.45. The summed E-state index contributed by atoms with van der Waals surface area (Å²) in [6, 6.07) is 13.2. The second-order valence-electron chi connectivity index (χ2n) is 7.75. The first-order chi connectivity index (χ1) is 14.5. The number of Topliss-reactive ketones (excluding diaryl/α,β-unsaturated/α-hetero) is 1. The number of likely N-dealkylation sites (tertiary alicyclic amines) is 1. The third kappa shape index (κ3) is 3.58. The van der Waals surface area contributed by atoms with E-state index in [2.05, 4.69) is 0 Å². The highest BCUT2D eigenvalue weighted by Gasteiger charge is 2.49. The number of aliphatic hydroxyl groups excluding tert-OH is 1. The number of hydrogen-bond donors (Lipinski definition) is 1. The van der Waals surface area contributed by atoms with E-state index in [0.29, 0.717) is 21.9 Å². The van der Waals surface area contributed by atoms with Gasteiger partial charge in [-0.25, -0.2) is 0 Å². The number of halogens is 1. The lowest BCUT2D eigenvalue weighted by molar-refractivity contribution is -0.141. The molecule has 6 heteroatoms. The van der Waals surface area contributed by atoms with Crippen LogP contribution in [-0.4, -0.2) is 34.8 Å². The number of methoxy groups -OCH3 is 1. The maximum absolute atomic E-state index is 13.2. The maximum Gasteiger partial charge on any atom is 0.295 e. The highest BCUT2D eigenvalue weighted by molar-refractivity contribution is 6.46. The van der Waals surface area contributed by atoms with Crippen molar-refractivity contribution in [2.75, 3.05) is 7.11 Å². The van der Waals surface area contributed by atoms with Gasteiger partial charge in [0.2, 0.25) is 0 Å². The first-order valence-corrected chi connectivity index (χ1v) is 10.6. The van der Waals surface area contributed by atoms with Crippen LogP contribution in [-0.2, 0) is 9.59 Å². The van der Waals surface area contributed by atoms with E-state index in [-0.39, 0.29) is 17.4 Å². The van der Waals surface area contributed by atoms with E-state index in [1.165, 1.54) is 0 Å². The topological polar surface area (TPSA) is 66.8 Å². The molecule has 1 heterocycles. The number of nitrogens with zero attached hydrogens (tertiary/aromatic N) is 1. The Kier molecular flexibility index (Phi) is 5.82. The molecule has 1 N–H and O–H groups in total. The van der Waals surface area contributed by atoms with Crippen LogP contribution >= 0.6 is 11.6 Å². The molecule has 156 valence electrons. The van der Waals surface area contributed by atoms with Gasteiger partial charge in [-0.15, -0.1) is 0 Å². The average Bonchev–Trinajstić information content (AvgIpc) is 3.04. The summed E-state index contributed by atoms with van der Waals surface area (Å²) in [4.78, 5) is 28.0. The number of hydrogen-bond acceptors (Lipinski definition) is 4. The summed E-state index contributed by atoms with van der Waals surface area (Å²) in [5, 5.41) is 11.6. The molecular formula is C24H24ClNO4. The molecule has 4 rings (SSSR count). The number of amides is 1. The number of carbonyl (C=O) groups is 2. The molecule has 1 aliphatic carbocycles. The van der Waals surface area contributed by atoms with Crippen LogP contribution in [0.25, 0.3) is 5.76 Å². The lowest BCUT2D eigenvalue weighted by Gasteiger charge is -2.35. The first kappa shape index (κ1) is 20.5. The third-order valence-electron chi connectivity index (χ3n) is 6.00. The SMILES string of the molecule is COc1ccccc1C1/C(=C(/O)c2ccc(Cl)cc2)C(=O)C(=O)N1C1CCCCC1. The fourth-order valence-corrected chi connectivity index (χ4v) is 4.67. The van der Waals surface area contributed by atoms with Gasteiger partial charge in [0.25, 0.3) is 11.7 Å². The number of ketones is 1. The Morgan fingerprint density at radius 1 is 1.03 bits per heavy atom. The second kappa shape index (κ2) is 8.52. The molecule has 2 aliphatic rings. The lowest BCUT2D eigenvalue weighted by atomic mass is 9.90. The van der Waals surface area contributed by atoms with Crippen LogP contribution in [0.15, 0.2) is 54.1 Å². The van der Waals surface area contributed by atoms with Gasteiger partial charge < -0.3 is 14.7 Å². The van der Waals surface area contributed by atoms with E-state index in [1.807, 2.05) is 18.2 Å². The van der Waals surface area contributed by atoms with Crippen LogP contribution in [0.2, 0.25) is 5.02 Å². The maximum atomic E-state index is 13.2. The van der Waals surface area contributed by atoms with Crippen LogP contribution in [0.3, 0.4) is 0 Å². The predicted octanol–water partition coefficient (Wildman–Crippen LogP) is 5.10. The molecule has 1 unspecified atom stereocenters. The van der Waals surface area contributed by atoms with E-state index in [0.717, 1.165) is 32.1 Å². The van der Waals surface area contributed by atoms with Gasteiger partial charge in [-0.05, 0) is 43.2 Å². The number of ether oxygens (including phenoxy) is 1. The highest BCUT2D eigenvalue weighted by atomic mass is 35.5. The van der Waals surface area contributed by atoms with Crippen LogP contribution < -0.4 is 4.74 Å². The van der Waals surface area contributed by atoms with Gasteiger partial charge in [0.15, 0.2) is 0 Å². The minimum absolute atomic E-state index is 0.0411. The first-order valence-electron chi connectivity index (χ1n) is 10.2. The number of carbonyl (C=O) groups excluding carboxylic acids is 2. The number of rotatable bonds is 4. The molecule has 1 saturated carbocycles. The van der Waals surface area contributed by atoms with Gasteiger partial charge in [-0.2, -0.15) is 0 Å². The molecule has 1 saturated heterocycles. The molecule has 0 aromatic heterocycles. The Balaban J connectivity index is 1.90. The lowest BCUT2D eigenvalue weighted by Crippen LogP contribution is -2.40. The Morgan fingerprint density at radius 2 is 1.70 bits per heavy atom. The van der Waals surface area contributed by atoms with Gasteiger partial charge in [0.05, 0.1) is 18.7 Å². The zero-order valence-electron chi connectivity index (χ0n) is 16.8. The molecule has 0 spiro atoms. The number of para-hydroxylation sites is 1. The Hall–Kier alpha value is -2.79. The van der Waals surface area contributed by atoms with Gasteiger partial charge in [0, 0.05) is 22.2 Å². The summed E-state index contributed by atoms with van der Waals surface area (Å²) in [5.74, 6) is -0.844. The molecule has 30 heavy (non-hydrogen) atoms. The Morgan fingerprint density at radius 3 is 2.37 bits per heavy atom. The zero-order chi connectivity index (χ0) is 21.3. The van der Waals surface area contributed by atoms with Crippen molar-refractivity contribution in [3.05, 3.63) is 70.3 Å². The fraction of sp³-hybridized carbons (Fsp3) is 0.333. The molecule has 1 atom stereocenters. The standard InChI is InChI=1S/C24H24ClNO4/c1-30-19-10-6-5-9-18(19)21-20(22(27)15-11-13-16(25)14-12-15)23(28)24(29)26(21)17-7-3-2-4-8-17/h5-6,9-14,17,21,27H,2-4,7-8H2,1H3/b22-20-. The van der Waals surface area contributed by atoms with E-state index in [9.17, 15) is 14.7 Å². The molecule has 0 radical (unpaired) electrons. The summed E-state index contributed by atoms with van der Waals surface area (Å²) < 4.78 is 5.54. The number of aliphatic hydroxyl groups is 1. The normalized spacial score (nSPS) is 21.8. The van der Waals surface area contributed by atoms with Crippen LogP contribution in [0, 0.1) is 0 Å². The van der Waals surface area contributed by atoms with Crippen LogP contribution in [0.4, 0.5) is 0 Å². The summed E-state index contributed by atoms with van der Waals surface area (Å²) in [6.45, 7) is 0.